The molecule has 1 aliphatic rings. The van der Waals surface area contributed by atoms with Crippen LogP contribution in [0.25, 0.3) is 22.3 Å². The van der Waals surface area contributed by atoms with Crippen molar-refractivity contribution >= 4 is 34.5 Å². The van der Waals surface area contributed by atoms with Gasteiger partial charge in [-0.05, 0) is 36.6 Å². The molecular formula is C27H23F3N8O3. The van der Waals surface area contributed by atoms with E-state index in [1.807, 2.05) is 0 Å². The van der Waals surface area contributed by atoms with Crippen LogP contribution in [-0.4, -0.2) is 68.3 Å². The van der Waals surface area contributed by atoms with Gasteiger partial charge in [0.05, 0.1) is 17.0 Å². The maximum Gasteiger partial charge on any atom is 0.416 e. The van der Waals surface area contributed by atoms with E-state index in [1.165, 1.54) is 25.6 Å². The first kappa shape index (κ1) is 27.5. The Kier molecular flexibility index (Phi) is 7.54. The van der Waals surface area contributed by atoms with Crippen molar-refractivity contribution in [3.05, 3.63) is 60.0 Å². The summed E-state index contributed by atoms with van der Waals surface area (Å²) in [5.74, 6) is 4.28. The molecule has 0 aliphatic carbocycles. The molecule has 210 valence electrons. The maximum absolute atomic E-state index is 13.0. The molecule has 0 radical (unpaired) electrons. The highest BCUT2D eigenvalue weighted by molar-refractivity contribution is 6.04. The van der Waals surface area contributed by atoms with Crippen LogP contribution in [0.15, 0.2) is 48.9 Å². The van der Waals surface area contributed by atoms with Crippen molar-refractivity contribution in [1.82, 2.24) is 29.6 Å². The number of nitrogens with two attached hydrogens (primary N) is 1. The first-order chi connectivity index (χ1) is 19.7. The normalized spacial score (nSPS) is 15.0. The summed E-state index contributed by atoms with van der Waals surface area (Å²) in [7, 11) is 1.50. The first-order valence-electron chi connectivity index (χ1n) is 12.4. The third kappa shape index (κ3) is 5.80. The molecule has 14 heteroatoms. The number of benzene rings is 1. The Morgan fingerprint density at radius 3 is 2.68 bits per heavy atom. The van der Waals surface area contributed by atoms with Crippen molar-refractivity contribution in [3.8, 4) is 23.1 Å². The molecule has 1 saturated heterocycles. The van der Waals surface area contributed by atoms with Gasteiger partial charge in [-0.25, -0.2) is 19.6 Å². The van der Waals surface area contributed by atoms with Gasteiger partial charge in [-0.2, -0.15) is 18.3 Å². The number of alkyl halides is 3. The molecule has 3 aromatic heterocycles. The fourth-order valence-corrected chi connectivity index (χ4v) is 4.48. The third-order valence-electron chi connectivity index (χ3n) is 6.48. The van der Waals surface area contributed by atoms with Crippen LogP contribution in [0, 0.1) is 11.8 Å². The number of carbonyl (C=O) groups is 2. The standard InChI is InChI=1S/C27H23F3N8O3/c1-41-12-2-3-21(39)37-11-9-19(14-37)38-25-22(24(31)33-15-34-25)23(36-38)16-4-6-17(7-5-16)26(40)35-20-13-18(8-10-32-20)27(28,29)30/h4-8,10,13,15,19H,9,11-12,14H2,1H3,(H2,31,33,34)(H,32,35,40)/t19-/m1/s1. The fraction of sp³-hybridized carbons (Fsp3) is 0.259. The highest BCUT2D eigenvalue weighted by Crippen LogP contribution is 2.34. The number of amides is 2. The van der Waals surface area contributed by atoms with Gasteiger partial charge in [-0.15, -0.1) is 0 Å². The van der Waals surface area contributed by atoms with Crippen molar-refractivity contribution in [2.24, 2.45) is 0 Å². The fourth-order valence-electron chi connectivity index (χ4n) is 4.48. The van der Waals surface area contributed by atoms with Crippen LogP contribution in [0.4, 0.5) is 24.8 Å². The molecular weight excluding hydrogens is 541 g/mol. The molecule has 0 unspecified atom stereocenters. The first-order valence-corrected chi connectivity index (χ1v) is 12.4. The number of hydrogen-bond donors (Lipinski definition) is 2. The minimum Gasteiger partial charge on any atom is -0.383 e. The molecule has 2 amide bonds. The predicted octanol–water partition coefficient (Wildman–Crippen LogP) is 3.16. The number of carbonyl (C=O) groups excluding carboxylic acids is 2. The zero-order valence-corrected chi connectivity index (χ0v) is 21.6. The Hall–Kier alpha value is -5.03. The van der Waals surface area contributed by atoms with E-state index in [2.05, 4.69) is 32.1 Å². The summed E-state index contributed by atoms with van der Waals surface area (Å²) < 4.78 is 45.6. The smallest absolute Gasteiger partial charge is 0.383 e. The number of rotatable bonds is 5. The Morgan fingerprint density at radius 2 is 1.95 bits per heavy atom. The summed E-state index contributed by atoms with van der Waals surface area (Å²) in [5, 5.41) is 7.67. The molecule has 1 fully saturated rings. The Bertz CT molecular complexity index is 1680. The summed E-state index contributed by atoms with van der Waals surface area (Å²) in [6.45, 7) is 1.03. The predicted molar refractivity (Wildman–Crippen MR) is 142 cm³/mol. The maximum atomic E-state index is 13.0. The largest absolute Gasteiger partial charge is 0.416 e. The number of methoxy groups -OCH3 is 1. The number of likely N-dealkylation sites (tertiary alicyclic amines) is 1. The molecule has 0 saturated carbocycles. The van der Waals surface area contributed by atoms with Gasteiger partial charge in [0.2, 0.25) is 0 Å². The molecule has 1 atom stereocenters. The number of hydrogen-bond acceptors (Lipinski definition) is 8. The lowest BCUT2D eigenvalue weighted by Gasteiger charge is -2.14. The number of nitrogens with zero attached hydrogens (tertiary/aromatic N) is 6. The number of anilines is 2. The topological polar surface area (TPSA) is 141 Å². The van der Waals surface area contributed by atoms with E-state index in [1.54, 1.807) is 21.7 Å². The summed E-state index contributed by atoms with van der Waals surface area (Å²) in [4.78, 5) is 39.1. The molecule has 0 spiro atoms. The van der Waals surface area contributed by atoms with Gasteiger partial charge >= 0.3 is 6.18 Å². The molecule has 4 aromatic rings. The lowest BCUT2D eigenvalue weighted by atomic mass is 10.1. The second-order valence-electron chi connectivity index (χ2n) is 9.14. The van der Waals surface area contributed by atoms with E-state index >= 15 is 0 Å². The van der Waals surface area contributed by atoms with Crippen molar-refractivity contribution in [3.63, 3.8) is 0 Å². The van der Waals surface area contributed by atoms with Crippen molar-refractivity contribution in [2.45, 2.75) is 18.6 Å². The highest BCUT2D eigenvalue weighted by atomic mass is 19.4. The van der Waals surface area contributed by atoms with Crippen LogP contribution in [0.1, 0.15) is 28.4 Å². The van der Waals surface area contributed by atoms with Gasteiger partial charge in [0, 0.05) is 37.5 Å². The van der Waals surface area contributed by atoms with E-state index in [0.29, 0.717) is 41.8 Å². The quantitative estimate of drug-likeness (QED) is 0.352. The summed E-state index contributed by atoms with van der Waals surface area (Å²) >= 11 is 0. The van der Waals surface area contributed by atoms with Crippen LogP contribution in [0.5, 0.6) is 0 Å². The number of pyridine rings is 1. The zero-order valence-electron chi connectivity index (χ0n) is 21.6. The van der Waals surface area contributed by atoms with E-state index in [9.17, 15) is 22.8 Å². The van der Waals surface area contributed by atoms with E-state index < -0.39 is 17.6 Å². The molecule has 5 rings (SSSR count). The number of nitrogens with one attached hydrogen (secondary N) is 1. The second kappa shape index (κ2) is 11.2. The highest BCUT2D eigenvalue weighted by Gasteiger charge is 2.32. The van der Waals surface area contributed by atoms with Gasteiger partial charge in [-0.1, -0.05) is 18.1 Å². The summed E-state index contributed by atoms with van der Waals surface area (Å²) in [6, 6.07) is 7.71. The van der Waals surface area contributed by atoms with Gasteiger partial charge in [0.15, 0.2) is 5.65 Å². The Morgan fingerprint density at radius 1 is 1.17 bits per heavy atom. The van der Waals surface area contributed by atoms with Gasteiger partial charge in [0.1, 0.15) is 30.3 Å². The van der Waals surface area contributed by atoms with Crippen LogP contribution < -0.4 is 11.1 Å². The van der Waals surface area contributed by atoms with Gasteiger partial charge in [0.25, 0.3) is 11.8 Å². The minimum absolute atomic E-state index is 0.162. The molecule has 41 heavy (non-hydrogen) atoms. The molecule has 3 N–H and O–H groups in total. The number of nitrogen functional groups attached to an aromatic ring is 1. The minimum atomic E-state index is -4.56. The number of aromatic nitrogens is 5. The van der Waals surface area contributed by atoms with E-state index in [-0.39, 0.29) is 35.8 Å². The van der Waals surface area contributed by atoms with Crippen LogP contribution in [-0.2, 0) is 15.7 Å². The zero-order chi connectivity index (χ0) is 29.1. The van der Waals surface area contributed by atoms with Gasteiger partial charge < -0.3 is 20.7 Å². The average Bonchev–Trinajstić information content (AvgIpc) is 3.59. The monoisotopic (exact) mass is 564 g/mol. The summed E-state index contributed by atoms with van der Waals surface area (Å²) in [6.07, 6.45) is -1.63. The lowest BCUT2D eigenvalue weighted by Crippen LogP contribution is -2.28. The molecule has 0 bridgehead atoms. The van der Waals surface area contributed by atoms with Crippen LogP contribution >= 0.6 is 0 Å². The third-order valence-corrected chi connectivity index (χ3v) is 6.48. The molecule has 1 aromatic carbocycles. The number of halogens is 3. The number of ether oxygens (including phenoxy) is 1. The molecule has 4 heterocycles. The van der Waals surface area contributed by atoms with E-state index in [4.69, 9.17) is 15.6 Å². The Labute approximate surface area is 231 Å². The van der Waals surface area contributed by atoms with Crippen LogP contribution in [0.2, 0.25) is 0 Å². The van der Waals surface area contributed by atoms with Gasteiger partial charge in [-0.3, -0.25) is 9.59 Å². The lowest BCUT2D eigenvalue weighted by molar-refractivity contribution is -0.137. The Balaban J connectivity index is 1.39. The van der Waals surface area contributed by atoms with E-state index in [0.717, 1.165) is 18.3 Å². The van der Waals surface area contributed by atoms with Crippen molar-refractivity contribution in [2.75, 3.05) is 37.9 Å². The SMILES string of the molecule is COCC#CC(=O)N1CC[C@@H](n2nc(-c3ccc(C(=O)Nc4cc(C(F)(F)F)ccn4)cc3)c3c(N)ncnc32)C1. The summed E-state index contributed by atoms with van der Waals surface area (Å²) in [5.41, 5.74) is 7.07. The second-order valence-corrected chi connectivity index (χ2v) is 9.14. The number of fused-ring (bicyclic) bond motifs is 1. The average molecular weight is 565 g/mol. The molecule has 1 aliphatic heterocycles. The van der Waals surface area contributed by atoms with Crippen molar-refractivity contribution in [1.29, 1.82) is 0 Å². The van der Waals surface area contributed by atoms with Crippen LogP contribution in [0.3, 0.4) is 0 Å². The van der Waals surface area contributed by atoms with Crippen molar-refractivity contribution < 1.29 is 27.5 Å². The molecule has 11 nitrogen and oxygen atoms in total.